The molecule has 0 aliphatic heterocycles. The van der Waals surface area contributed by atoms with Crippen molar-refractivity contribution in [1.29, 1.82) is 0 Å². The second-order valence-corrected chi connectivity index (χ2v) is 3.93. The number of benzene rings is 1. The third kappa shape index (κ3) is 8.12. The van der Waals surface area contributed by atoms with Crippen LogP contribution in [0.4, 0.5) is 0 Å². The molecular weight excluding hydrogens is 192 g/mol. The first-order chi connectivity index (χ1) is 6.70. The molecule has 1 heteroatoms. The molecule has 1 rings (SSSR count). The average Bonchev–Trinajstić information content (AvgIpc) is 2.15. The maximum Gasteiger partial charge on any atom is 0.0223 e. The predicted molar refractivity (Wildman–Crippen MR) is 66.2 cm³/mol. The Morgan fingerprint density at radius 2 is 1.64 bits per heavy atom. The fourth-order valence-corrected chi connectivity index (χ4v) is 1.34. The van der Waals surface area contributed by atoms with Gasteiger partial charge >= 0.3 is 0 Å². The molecule has 1 aromatic rings. The molecular formula is C13H21Cl. The van der Waals surface area contributed by atoms with Gasteiger partial charge in [-0.25, -0.2) is 0 Å². The summed E-state index contributed by atoms with van der Waals surface area (Å²) in [7, 11) is 0. The van der Waals surface area contributed by atoms with Gasteiger partial charge in [-0.05, 0) is 20.3 Å². The van der Waals surface area contributed by atoms with E-state index < -0.39 is 0 Å². The van der Waals surface area contributed by atoms with Crippen molar-refractivity contribution in [3.63, 3.8) is 0 Å². The molecule has 14 heavy (non-hydrogen) atoms. The molecule has 0 saturated carbocycles. The smallest absolute Gasteiger partial charge is 0.0223 e. The summed E-state index contributed by atoms with van der Waals surface area (Å²) in [6, 6.07) is 8.45. The van der Waals surface area contributed by atoms with Gasteiger partial charge in [-0.1, -0.05) is 55.2 Å². The summed E-state index contributed by atoms with van der Waals surface area (Å²) < 4.78 is 0. The van der Waals surface area contributed by atoms with Gasteiger partial charge in [0.25, 0.3) is 0 Å². The van der Waals surface area contributed by atoms with Crippen LogP contribution >= 0.6 is 11.6 Å². The van der Waals surface area contributed by atoms with Gasteiger partial charge in [-0.15, -0.1) is 11.6 Å². The lowest BCUT2D eigenvalue weighted by Crippen LogP contribution is -1.71. The van der Waals surface area contributed by atoms with Crippen molar-refractivity contribution >= 4 is 11.6 Å². The van der Waals surface area contributed by atoms with Crippen LogP contribution in [-0.4, -0.2) is 5.88 Å². The molecule has 0 heterocycles. The highest BCUT2D eigenvalue weighted by Crippen LogP contribution is 2.00. The van der Waals surface area contributed by atoms with E-state index in [4.69, 9.17) is 11.6 Å². The first-order valence-electron chi connectivity index (χ1n) is 5.30. The van der Waals surface area contributed by atoms with E-state index in [9.17, 15) is 0 Å². The van der Waals surface area contributed by atoms with Gasteiger partial charge in [0, 0.05) is 5.88 Å². The standard InChI is InChI=1S/C8H10.C5H11Cl/c1-7-4-3-5-8(2)6-7;1-2-3-4-5-6/h3-6H,1-2H3;2-5H2,1H3. The molecule has 0 aliphatic rings. The third-order valence-electron chi connectivity index (χ3n) is 1.91. The minimum absolute atomic E-state index is 0.827. The summed E-state index contributed by atoms with van der Waals surface area (Å²) >= 11 is 5.38. The van der Waals surface area contributed by atoms with Gasteiger partial charge in [0.1, 0.15) is 0 Å². The fourth-order valence-electron chi connectivity index (χ4n) is 1.15. The topological polar surface area (TPSA) is 0 Å². The molecule has 0 aliphatic carbocycles. The van der Waals surface area contributed by atoms with Gasteiger partial charge in [0.05, 0.1) is 0 Å². The van der Waals surface area contributed by atoms with E-state index in [0.29, 0.717) is 0 Å². The van der Waals surface area contributed by atoms with Crippen LogP contribution in [0.1, 0.15) is 37.3 Å². The number of rotatable bonds is 3. The van der Waals surface area contributed by atoms with Crippen molar-refractivity contribution in [1.82, 2.24) is 0 Å². The van der Waals surface area contributed by atoms with E-state index in [1.807, 2.05) is 0 Å². The van der Waals surface area contributed by atoms with E-state index in [2.05, 4.69) is 45.0 Å². The van der Waals surface area contributed by atoms with Crippen LogP contribution in [0.2, 0.25) is 0 Å². The molecule has 0 spiro atoms. The van der Waals surface area contributed by atoms with Crippen molar-refractivity contribution in [2.45, 2.75) is 40.0 Å². The van der Waals surface area contributed by atoms with Crippen LogP contribution in [0.5, 0.6) is 0 Å². The zero-order valence-corrected chi connectivity index (χ0v) is 10.3. The Morgan fingerprint density at radius 3 is 1.86 bits per heavy atom. The van der Waals surface area contributed by atoms with Crippen molar-refractivity contribution < 1.29 is 0 Å². The normalized spacial score (nSPS) is 9.14. The van der Waals surface area contributed by atoms with Crippen LogP contribution in [0.3, 0.4) is 0 Å². The van der Waals surface area contributed by atoms with Gasteiger partial charge < -0.3 is 0 Å². The molecule has 0 bridgehead atoms. The highest BCUT2D eigenvalue weighted by atomic mass is 35.5. The Balaban J connectivity index is 0.000000255. The van der Waals surface area contributed by atoms with E-state index in [1.165, 1.54) is 30.4 Å². The molecule has 0 radical (unpaired) electrons. The Bertz CT molecular complexity index is 209. The van der Waals surface area contributed by atoms with Crippen LogP contribution < -0.4 is 0 Å². The zero-order chi connectivity index (χ0) is 10.8. The van der Waals surface area contributed by atoms with Gasteiger partial charge in [0.15, 0.2) is 0 Å². The lowest BCUT2D eigenvalue weighted by atomic mass is 10.2. The van der Waals surface area contributed by atoms with Crippen LogP contribution in [0.25, 0.3) is 0 Å². The van der Waals surface area contributed by atoms with Crippen molar-refractivity contribution in [2.75, 3.05) is 5.88 Å². The van der Waals surface area contributed by atoms with E-state index in [0.717, 1.165) is 5.88 Å². The first-order valence-corrected chi connectivity index (χ1v) is 5.83. The lowest BCUT2D eigenvalue weighted by molar-refractivity contribution is 0.776. The predicted octanol–water partition coefficient (Wildman–Crippen LogP) is 4.72. The molecule has 0 atom stereocenters. The van der Waals surface area contributed by atoms with Crippen molar-refractivity contribution in [3.05, 3.63) is 35.4 Å². The Labute approximate surface area is 93.3 Å². The number of alkyl halides is 1. The largest absolute Gasteiger partial charge is 0.127 e. The number of unbranched alkanes of at least 4 members (excludes halogenated alkanes) is 2. The average molecular weight is 213 g/mol. The second-order valence-electron chi connectivity index (χ2n) is 3.55. The highest BCUT2D eigenvalue weighted by molar-refractivity contribution is 6.17. The monoisotopic (exact) mass is 212 g/mol. The second kappa shape index (κ2) is 9.08. The Morgan fingerprint density at radius 1 is 1.07 bits per heavy atom. The first kappa shape index (κ1) is 13.5. The van der Waals surface area contributed by atoms with E-state index in [1.54, 1.807) is 0 Å². The number of hydrogen-bond acceptors (Lipinski definition) is 0. The van der Waals surface area contributed by atoms with Gasteiger partial charge in [-0.2, -0.15) is 0 Å². The molecule has 0 saturated heterocycles. The van der Waals surface area contributed by atoms with Crippen LogP contribution in [0.15, 0.2) is 24.3 Å². The molecule has 0 nitrogen and oxygen atoms in total. The Kier molecular flexibility index (Phi) is 8.76. The summed E-state index contributed by atoms with van der Waals surface area (Å²) in [5.41, 5.74) is 2.68. The summed E-state index contributed by atoms with van der Waals surface area (Å²) in [4.78, 5) is 0. The van der Waals surface area contributed by atoms with Crippen molar-refractivity contribution in [2.24, 2.45) is 0 Å². The molecule has 80 valence electrons. The third-order valence-corrected chi connectivity index (χ3v) is 2.18. The van der Waals surface area contributed by atoms with Gasteiger partial charge in [-0.3, -0.25) is 0 Å². The SMILES string of the molecule is CCCCCCl.Cc1cccc(C)c1. The summed E-state index contributed by atoms with van der Waals surface area (Å²) in [6.45, 7) is 6.38. The summed E-state index contributed by atoms with van der Waals surface area (Å²) in [6.07, 6.45) is 3.73. The molecule has 0 amide bonds. The zero-order valence-electron chi connectivity index (χ0n) is 9.52. The summed E-state index contributed by atoms with van der Waals surface area (Å²) in [5, 5.41) is 0. The summed E-state index contributed by atoms with van der Waals surface area (Å²) in [5.74, 6) is 0.827. The minimum Gasteiger partial charge on any atom is -0.127 e. The van der Waals surface area contributed by atoms with Gasteiger partial charge in [0.2, 0.25) is 0 Å². The molecule has 0 N–H and O–H groups in total. The lowest BCUT2D eigenvalue weighted by Gasteiger charge is -1.90. The Hall–Kier alpha value is -0.490. The maximum atomic E-state index is 5.38. The highest BCUT2D eigenvalue weighted by Gasteiger charge is 1.80. The van der Waals surface area contributed by atoms with Crippen LogP contribution in [-0.2, 0) is 0 Å². The van der Waals surface area contributed by atoms with E-state index in [-0.39, 0.29) is 0 Å². The quantitative estimate of drug-likeness (QED) is 0.503. The maximum absolute atomic E-state index is 5.38. The molecule has 0 aromatic heterocycles. The number of hydrogen-bond donors (Lipinski definition) is 0. The van der Waals surface area contributed by atoms with Crippen molar-refractivity contribution in [3.8, 4) is 0 Å². The molecule has 0 fully saturated rings. The van der Waals surface area contributed by atoms with E-state index >= 15 is 0 Å². The minimum atomic E-state index is 0.827. The fraction of sp³-hybridized carbons (Fsp3) is 0.538. The number of aryl methyl sites for hydroxylation is 2. The molecule has 1 aromatic carbocycles. The molecule has 0 unspecified atom stereocenters. The number of halogens is 1. The van der Waals surface area contributed by atoms with Crippen LogP contribution in [0, 0.1) is 13.8 Å².